The summed E-state index contributed by atoms with van der Waals surface area (Å²) >= 11 is 8.25. The van der Waals surface area contributed by atoms with Crippen molar-refractivity contribution in [2.45, 2.75) is 52.2 Å². The predicted molar refractivity (Wildman–Crippen MR) is 153 cm³/mol. The lowest BCUT2D eigenvalue weighted by molar-refractivity contribution is -0.123. The molecule has 8 heteroatoms. The fourth-order valence-electron chi connectivity index (χ4n) is 4.49. The van der Waals surface area contributed by atoms with E-state index in [4.69, 9.17) is 16.7 Å². The Kier molecular flexibility index (Phi) is 8.05. The van der Waals surface area contributed by atoms with E-state index in [1.807, 2.05) is 74.0 Å². The van der Waals surface area contributed by atoms with Crippen LogP contribution in [0.4, 0.5) is 5.82 Å². The minimum atomic E-state index is -0.322. The first kappa shape index (κ1) is 27.3. The molecule has 1 aliphatic heterocycles. The van der Waals surface area contributed by atoms with Gasteiger partial charge in [-0.05, 0) is 36.1 Å². The lowest BCUT2D eigenvalue weighted by Crippen LogP contribution is -2.43. The minimum Gasteiger partial charge on any atom is -0.354 e. The van der Waals surface area contributed by atoms with Crippen molar-refractivity contribution in [1.29, 1.82) is 0 Å². The van der Waals surface area contributed by atoms with E-state index >= 15 is 0 Å². The lowest BCUT2D eigenvalue weighted by Gasteiger charge is -2.25. The first-order valence-corrected chi connectivity index (χ1v) is 14.0. The van der Waals surface area contributed by atoms with Gasteiger partial charge in [0.15, 0.2) is 0 Å². The molecular formula is C29H35ClN4O2S. The van der Waals surface area contributed by atoms with Crippen LogP contribution in [0.1, 0.15) is 62.3 Å². The van der Waals surface area contributed by atoms with E-state index in [1.165, 1.54) is 11.8 Å². The maximum absolute atomic E-state index is 13.7. The molecule has 1 aliphatic rings. The van der Waals surface area contributed by atoms with Crippen molar-refractivity contribution in [3.05, 3.63) is 75.9 Å². The van der Waals surface area contributed by atoms with Gasteiger partial charge in [0.2, 0.25) is 11.8 Å². The van der Waals surface area contributed by atoms with Crippen LogP contribution in [0.15, 0.2) is 48.5 Å². The van der Waals surface area contributed by atoms with E-state index in [0.717, 1.165) is 28.1 Å². The summed E-state index contributed by atoms with van der Waals surface area (Å²) in [6, 6.07) is 15.7. The summed E-state index contributed by atoms with van der Waals surface area (Å²) in [6.45, 7) is 13.0. The van der Waals surface area contributed by atoms with Crippen LogP contribution in [-0.2, 0) is 15.0 Å². The third-order valence-corrected chi connectivity index (χ3v) is 7.92. The average Bonchev–Trinajstić information content (AvgIpc) is 3.17. The largest absolute Gasteiger partial charge is 0.354 e. The molecule has 2 heterocycles. The van der Waals surface area contributed by atoms with Crippen LogP contribution in [0.3, 0.4) is 0 Å². The number of aryl methyl sites for hydroxylation is 1. The molecule has 1 aromatic heterocycles. The third-order valence-electron chi connectivity index (χ3n) is 6.34. The van der Waals surface area contributed by atoms with E-state index in [0.29, 0.717) is 23.3 Å². The van der Waals surface area contributed by atoms with E-state index < -0.39 is 0 Å². The number of aromatic nitrogens is 2. The Morgan fingerprint density at radius 1 is 1.16 bits per heavy atom. The normalized spacial score (nSPS) is 16.1. The van der Waals surface area contributed by atoms with Crippen LogP contribution in [0.2, 0.25) is 5.02 Å². The van der Waals surface area contributed by atoms with Gasteiger partial charge in [-0.3, -0.25) is 14.5 Å². The zero-order valence-electron chi connectivity index (χ0n) is 22.3. The summed E-state index contributed by atoms with van der Waals surface area (Å²) in [5.41, 5.74) is 4.32. The number of rotatable bonds is 6. The maximum atomic E-state index is 13.7. The zero-order chi connectivity index (χ0) is 26.9. The molecule has 0 aliphatic carbocycles. The number of carbonyl (C=O) groups is 2. The maximum Gasteiger partial charge on any atom is 0.240 e. The Hall–Kier alpha value is -2.77. The summed E-state index contributed by atoms with van der Waals surface area (Å²) in [5, 5.41) is 8.54. The molecule has 0 fully saturated rings. The second kappa shape index (κ2) is 10.9. The highest BCUT2D eigenvalue weighted by Crippen LogP contribution is 2.49. The van der Waals surface area contributed by atoms with Crippen molar-refractivity contribution in [2.75, 3.05) is 23.7 Å². The molecule has 2 amide bonds. The molecule has 37 heavy (non-hydrogen) atoms. The van der Waals surface area contributed by atoms with Gasteiger partial charge in [0.05, 0.1) is 22.4 Å². The van der Waals surface area contributed by atoms with Crippen molar-refractivity contribution in [2.24, 2.45) is 5.92 Å². The number of para-hydroxylation sites is 1. The molecule has 196 valence electrons. The molecule has 0 bridgehead atoms. The highest BCUT2D eigenvalue weighted by Gasteiger charge is 2.40. The van der Waals surface area contributed by atoms with Crippen LogP contribution >= 0.6 is 23.4 Å². The predicted octanol–water partition coefficient (Wildman–Crippen LogP) is 6.07. The van der Waals surface area contributed by atoms with Crippen molar-refractivity contribution in [3.8, 4) is 5.69 Å². The fourth-order valence-corrected chi connectivity index (χ4v) is 6.04. The topological polar surface area (TPSA) is 67.2 Å². The first-order chi connectivity index (χ1) is 17.5. The molecule has 1 unspecified atom stereocenters. The molecular weight excluding hydrogens is 504 g/mol. The minimum absolute atomic E-state index is 0.0739. The molecule has 4 rings (SSSR count). The van der Waals surface area contributed by atoms with E-state index in [9.17, 15) is 9.59 Å². The summed E-state index contributed by atoms with van der Waals surface area (Å²) in [6.07, 6.45) is 0. The number of fused-ring (bicyclic) bond motifs is 1. The van der Waals surface area contributed by atoms with Gasteiger partial charge in [0.25, 0.3) is 0 Å². The highest BCUT2D eigenvalue weighted by atomic mass is 35.5. The van der Waals surface area contributed by atoms with E-state index in [2.05, 4.69) is 26.1 Å². The SMILES string of the molecule is Cc1ccccc1-n1nc(C(C)(C)C)c2c1N(CC(=O)NCC(C)C)C(=O)CSC2c1ccccc1Cl. The lowest BCUT2D eigenvalue weighted by atomic mass is 9.87. The number of anilines is 1. The zero-order valence-corrected chi connectivity index (χ0v) is 23.9. The number of benzene rings is 2. The molecule has 0 radical (unpaired) electrons. The van der Waals surface area contributed by atoms with Crippen LogP contribution < -0.4 is 10.2 Å². The Labute approximate surface area is 228 Å². The summed E-state index contributed by atoms with van der Waals surface area (Å²) in [7, 11) is 0. The Morgan fingerprint density at radius 2 is 1.84 bits per heavy atom. The van der Waals surface area contributed by atoms with Crippen LogP contribution in [0.5, 0.6) is 0 Å². The third kappa shape index (κ3) is 5.73. The van der Waals surface area contributed by atoms with Gasteiger partial charge < -0.3 is 5.32 Å². The molecule has 2 aromatic carbocycles. The van der Waals surface area contributed by atoms with Gasteiger partial charge in [-0.1, -0.05) is 82.6 Å². The molecule has 0 saturated carbocycles. The number of carbonyl (C=O) groups excluding carboxylic acids is 2. The Balaban J connectivity index is 2.00. The standard InChI is InChI=1S/C29H35ClN4O2S/c1-18(2)15-31-23(35)16-33-24(36)17-37-26(20-12-8-9-13-21(20)30)25-27(29(4,5)6)32-34(28(25)33)22-14-10-7-11-19(22)3/h7-14,18,26H,15-17H2,1-6H3,(H,31,35). The first-order valence-electron chi connectivity index (χ1n) is 12.6. The van der Waals surface area contributed by atoms with Gasteiger partial charge in [0, 0.05) is 22.5 Å². The van der Waals surface area contributed by atoms with Crippen LogP contribution in [-0.4, -0.2) is 40.4 Å². The Morgan fingerprint density at radius 3 is 2.49 bits per heavy atom. The van der Waals surface area contributed by atoms with E-state index in [-0.39, 0.29) is 34.8 Å². The van der Waals surface area contributed by atoms with Crippen LogP contribution in [0, 0.1) is 12.8 Å². The molecule has 0 saturated heterocycles. The number of nitrogens with zero attached hydrogens (tertiary/aromatic N) is 3. The summed E-state index contributed by atoms with van der Waals surface area (Å²) in [5.74, 6) is 0.849. The van der Waals surface area contributed by atoms with E-state index in [1.54, 1.807) is 4.90 Å². The van der Waals surface area contributed by atoms with Gasteiger partial charge in [-0.2, -0.15) is 5.10 Å². The van der Waals surface area contributed by atoms with Crippen molar-refractivity contribution < 1.29 is 9.59 Å². The summed E-state index contributed by atoms with van der Waals surface area (Å²) in [4.78, 5) is 28.4. The van der Waals surface area contributed by atoms with Gasteiger partial charge in [0.1, 0.15) is 12.4 Å². The Bertz CT molecular complexity index is 1310. The number of amides is 2. The van der Waals surface area contributed by atoms with Crippen LogP contribution in [0.25, 0.3) is 5.69 Å². The smallest absolute Gasteiger partial charge is 0.240 e. The molecule has 6 nitrogen and oxygen atoms in total. The molecule has 0 spiro atoms. The number of thioether (sulfide) groups is 1. The second-order valence-corrected chi connectivity index (χ2v) is 12.4. The van der Waals surface area contributed by atoms with Gasteiger partial charge >= 0.3 is 0 Å². The van der Waals surface area contributed by atoms with Crippen molar-refractivity contribution in [1.82, 2.24) is 15.1 Å². The molecule has 1 atom stereocenters. The molecule has 3 aromatic rings. The number of hydrogen-bond acceptors (Lipinski definition) is 4. The number of halogens is 1. The highest BCUT2D eigenvalue weighted by molar-refractivity contribution is 8.00. The van der Waals surface area contributed by atoms with Gasteiger partial charge in [-0.15, -0.1) is 11.8 Å². The summed E-state index contributed by atoms with van der Waals surface area (Å²) < 4.78 is 1.86. The monoisotopic (exact) mass is 538 g/mol. The van der Waals surface area contributed by atoms with Gasteiger partial charge in [-0.25, -0.2) is 4.68 Å². The van der Waals surface area contributed by atoms with Crippen molar-refractivity contribution >= 4 is 41.0 Å². The van der Waals surface area contributed by atoms with Crippen molar-refractivity contribution in [3.63, 3.8) is 0 Å². The number of hydrogen-bond donors (Lipinski definition) is 1. The fraction of sp³-hybridized carbons (Fsp3) is 0.414. The second-order valence-electron chi connectivity index (χ2n) is 10.9. The quantitative estimate of drug-likeness (QED) is 0.413. The number of nitrogens with one attached hydrogen (secondary N) is 1. The average molecular weight is 539 g/mol. The molecule has 1 N–H and O–H groups in total.